The Kier molecular flexibility index (Phi) is 4.85. The molecule has 6 atom stereocenters. The first-order chi connectivity index (χ1) is 14.3. The number of hydrogen-bond acceptors (Lipinski definition) is 0. The molecule has 2 N–H and O–H groups in total. The molecule has 0 aromatic carbocycles. The number of fused-ring (bicyclic) bond motifs is 2. The third kappa shape index (κ3) is 3.41. The predicted octanol–water partition coefficient (Wildman–Crippen LogP) is 7.30. The van der Waals surface area contributed by atoms with Gasteiger partial charge in [-0.1, -0.05) is 51.4 Å². The molecule has 4 aliphatic carbocycles. The third-order valence-corrected chi connectivity index (χ3v) is 9.37. The largest absolute Gasteiger partial charge is 0.362 e. The summed E-state index contributed by atoms with van der Waals surface area (Å²) in [6.07, 6.45) is 18.5. The summed E-state index contributed by atoms with van der Waals surface area (Å²) in [7, 11) is 0. The van der Waals surface area contributed by atoms with Crippen LogP contribution < -0.4 is 0 Å². The molecule has 4 fully saturated rings. The van der Waals surface area contributed by atoms with Gasteiger partial charge < -0.3 is 9.97 Å². The molecule has 2 nitrogen and oxygen atoms in total. The zero-order valence-electron chi connectivity index (χ0n) is 18.0. The molecule has 0 aliphatic heterocycles. The standard InChI is InChI=1S/C27H38N2/c1-5-18-7-3-11-24(22(18)9-1)26-15-13-20(28-26)17-21-14-16-27(29-21)25-12-4-8-19-6-2-10-23(19)25/h13-16,18-19,22-25,28-29H,1-12,17H2. The Hall–Kier alpha value is -1.44. The van der Waals surface area contributed by atoms with E-state index in [-0.39, 0.29) is 0 Å². The fourth-order valence-corrected chi connectivity index (χ4v) is 8.07. The highest BCUT2D eigenvalue weighted by Gasteiger charge is 2.38. The number of rotatable bonds is 4. The molecule has 2 aromatic heterocycles. The fraction of sp³-hybridized carbons (Fsp3) is 0.704. The Balaban J connectivity index is 1.15. The number of aromatic amines is 2. The summed E-state index contributed by atoms with van der Waals surface area (Å²) in [5, 5.41) is 0. The van der Waals surface area contributed by atoms with Crippen LogP contribution in [0.3, 0.4) is 0 Å². The highest BCUT2D eigenvalue weighted by molar-refractivity contribution is 5.26. The number of hydrogen-bond donors (Lipinski definition) is 2. The first kappa shape index (κ1) is 18.3. The molecule has 2 aromatic rings. The van der Waals surface area contributed by atoms with Crippen molar-refractivity contribution in [1.82, 2.24) is 9.97 Å². The molecule has 6 rings (SSSR count). The van der Waals surface area contributed by atoms with Gasteiger partial charge in [0, 0.05) is 41.0 Å². The minimum Gasteiger partial charge on any atom is -0.362 e. The van der Waals surface area contributed by atoms with Gasteiger partial charge in [0.15, 0.2) is 0 Å². The van der Waals surface area contributed by atoms with Crippen LogP contribution in [-0.4, -0.2) is 9.97 Å². The van der Waals surface area contributed by atoms with Crippen molar-refractivity contribution in [3.63, 3.8) is 0 Å². The van der Waals surface area contributed by atoms with Gasteiger partial charge in [-0.15, -0.1) is 0 Å². The van der Waals surface area contributed by atoms with Gasteiger partial charge in [-0.25, -0.2) is 0 Å². The van der Waals surface area contributed by atoms with Gasteiger partial charge in [-0.05, 0) is 73.6 Å². The van der Waals surface area contributed by atoms with Crippen molar-refractivity contribution in [2.45, 2.75) is 95.3 Å². The Morgan fingerprint density at radius 2 is 1.00 bits per heavy atom. The molecule has 156 valence electrons. The lowest BCUT2D eigenvalue weighted by atomic mass is 9.72. The maximum atomic E-state index is 3.85. The number of aromatic nitrogens is 2. The summed E-state index contributed by atoms with van der Waals surface area (Å²) in [6, 6.07) is 9.55. The van der Waals surface area contributed by atoms with Crippen molar-refractivity contribution in [2.24, 2.45) is 23.7 Å². The first-order valence-corrected chi connectivity index (χ1v) is 12.7. The van der Waals surface area contributed by atoms with Crippen LogP contribution in [-0.2, 0) is 6.42 Å². The Morgan fingerprint density at radius 1 is 0.552 bits per heavy atom. The zero-order valence-corrected chi connectivity index (χ0v) is 18.0. The Labute approximate surface area is 176 Å². The predicted molar refractivity (Wildman–Crippen MR) is 119 cm³/mol. The summed E-state index contributed by atoms with van der Waals surface area (Å²) in [5.41, 5.74) is 5.86. The van der Waals surface area contributed by atoms with Gasteiger partial charge in [-0.3, -0.25) is 0 Å². The van der Waals surface area contributed by atoms with Crippen molar-refractivity contribution in [1.29, 1.82) is 0 Å². The van der Waals surface area contributed by atoms with Gasteiger partial charge in [0.25, 0.3) is 0 Å². The van der Waals surface area contributed by atoms with E-state index in [1.165, 1.54) is 99.8 Å². The molecule has 4 saturated carbocycles. The van der Waals surface area contributed by atoms with Crippen LogP contribution >= 0.6 is 0 Å². The summed E-state index contributed by atoms with van der Waals surface area (Å²) in [6.45, 7) is 0. The fourth-order valence-electron chi connectivity index (χ4n) is 8.07. The Morgan fingerprint density at radius 3 is 1.48 bits per heavy atom. The lowest BCUT2D eigenvalue weighted by molar-refractivity contribution is 0.235. The first-order valence-electron chi connectivity index (χ1n) is 12.7. The third-order valence-electron chi connectivity index (χ3n) is 9.37. The molecule has 6 unspecified atom stereocenters. The highest BCUT2D eigenvalue weighted by Crippen LogP contribution is 2.50. The lowest BCUT2D eigenvalue weighted by Crippen LogP contribution is -2.22. The van der Waals surface area contributed by atoms with E-state index in [0.717, 1.165) is 41.9 Å². The average molecular weight is 391 g/mol. The van der Waals surface area contributed by atoms with E-state index >= 15 is 0 Å². The molecule has 29 heavy (non-hydrogen) atoms. The minimum absolute atomic E-state index is 0.797. The molecular weight excluding hydrogens is 352 g/mol. The molecule has 0 bridgehead atoms. The van der Waals surface area contributed by atoms with Crippen LogP contribution in [0.2, 0.25) is 0 Å². The SMILES string of the molecule is c1cc(C2CCCC3CCCC32)[nH]c1Cc1ccc(C2CCCC3CCCC32)[nH]1. The summed E-state index contributed by atoms with van der Waals surface area (Å²) >= 11 is 0. The van der Waals surface area contributed by atoms with Gasteiger partial charge in [-0.2, -0.15) is 0 Å². The zero-order chi connectivity index (χ0) is 19.2. The smallest absolute Gasteiger partial charge is 0.0278 e. The van der Waals surface area contributed by atoms with Gasteiger partial charge in [0.1, 0.15) is 0 Å². The van der Waals surface area contributed by atoms with Crippen LogP contribution in [0.25, 0.3) is 0 Å². The maximum Gasteiger partial charge on any atom is 0.0278 e. The van der Waals surface area contributed by atoms with E-state index in [9.17, 15) is 0 Å². The van der Waals surface area contributed by atoms with Crippen molar-refractivity contribution in [2.75, 3.05) is 0 Å². The normalized spacial score (nSPS) is 36.8. The second-order valence-corrected chi connectivity index (χ2v) is 10.8. The van der Waals surface area contributed by atoms with E-state index in [1.807, 2.05) is 0 Å². The summed E-state index contributed by atoms with van der Waals surface area (Å²) in [4.78, 5) is 7.70. The summed E-state index contributed by atoms with van der Waals surface area (Å²) in [5.74, 6) is 5.54. The second-order valence-electron chi connectivity index (χ2n) is 10.8. The van der Waals surface area contributed by atoms with E-state index in [2.05, 4.69) is 34.2 Å². The van der Waals surface area contributed by atoms with Crippen LogP contribution in [0.15, 0.2) is 24.3 Å². The topological polar surface area (TPSA) is 31.6 Å². The van der Waals surface area contributed by atoms with E-state index < -0.39 is 0 Å². The quantitative estimate of drug-likeness (QED) is 0.549. The van der Waals surface area contributed by atoms with Crippen LogP contribution in [0.5, 0.6) is 0 Å². The molecule has 2 heteroatoms. The number of H-pyrrole nitrogens is 2. The van der Waals surface area contributed by atoms with Crippen molar-refractivity contribution in [3.8, 4) is 0 Å². The molecule has 0 spiro atoms. The Bertz CT molecular complexity index is 761. The molecule has 0 amide bonds. The maximum absolute atomic E-state index is 3.85. The van der Waals surface area contributed by atoms with Gasteiger partial charge in [0.2, 0.25) is 0 Å². The van der Waals surface area contributed by atoms with Gasteiger partial charge in [0.05, 0.1) is 0 Å². The molecule has 0 saturated heterocycles. The summed E-state index contributed by atoms with van der Waals surface area (Å²) < 4.78 is 0. The lowest BCUT2D eigenvalue weighted by Gasteiger charge is -2.33. The van der Waals surface area contributed by atoms with E-state index in [0.29, 0.717) is 0 Å². The van der Waals surface area contributed by atoms with Crippen LogP contribution in [0.4, 0.5) is 0 Å². The molecule has 4 aliphatic rings. The van der Waals surface area contributed by atoms with Gasteiger partial charge >= 0.3 is 0 Å². The molecular formula is C27H38N2. The van der Waals surface area contributed by atoms with E-state index in [4.69, 9.17) is 0 Å². The van der Waals surface area contributed by atoms with Crippen molar-refractivity contribution < 1.29 is 0 Å². The highest BCUT2D eigenvalue weighted by atomic mass is 14.8. The number of nitrogens with one attached hydrogen (secondary N) is 2. The second kappa shape index (κ2) is 7.67. The van der Waals surface area contributed by atoms with Crippen molar-refractivity contribution in [3.05, 3.63) is 47.0 Å². The molecule has 0 radical (unpaired) electrons. The van der Waals surface area contributed by atoms with Crippen molar-refractivity contribution >= 4 is 0 Å². The molecule has 2 heterocycles. The monoisotopic (exact) mass is 390 g/mol. The van der Waals surface area contributed by atoms with Crippen LogP contribution in [0.1, 0.15) is 112 Å². The average Bonchev–Trinajstić information content (AvgIpc) is 3.53. The van der Waals surface area contributed by atoms with E-state index in [1.54, 1.807) is 0 Å². The minimum atomic E-state index is 0.797. The van der Waals surface area contributed by atoms with Crippen LogP contribution in [0, 0.1) is 23.7 Å².